The lowest BCUT2D eigenvalue weighted by molar-refractivity contribution is -0.136. The molecule has 0 aromatic rings. The van der Waals surface area contributed by atoms with Crippen LogP contribution in [0.25, 0.3) is 0 Å². The molecule has 0 rings (SSSR count). The summed E-state index contributed by atoms with van der Waals surface area (Å²) in [6, 6.07) is -22.2. The van der Waals surface area contributed by atoms with Crippen molar-refractivity contribution in [3.63, 3.8) is 0 Å². The molecule has 830 valence electrons. The van der Waals surface area contributed by atoms with E-state index in [2.05, 4.69) is 106 Å². The van der Waals surface area contributed by atoms with Crippen LogP contribution in [-0.4, -0.2) is 292 Å². The number of carbonyl (C=O) groups excluding carboxylic acids is 21. The first-order valence-corrected chi connectivity index (χ1v) is 51.3. The van der Waals surface area contributed by atoms with E-state index in [9.17, 15) is 101 Å². The molecule has 18 atom stereocenters. The minimum atomic E-state index is -1.37. The van der Waals surface area contributed by atoms with E-state index in [1.165, 1.54) is 41.5 Å². The van der Waals surface area contributed by atoms with Gasteiger partial charge in [-0.05, 0) is 264 Å². The Balaban J connectivity index is 6.44. The summed E-state index contributed by atoms with van der Waals surface area (Å²) in [5, 5.41) is 51.8. The van der Waals surface area contributed by atoms with E-state index >= 15 is 0 Å². The normalized spacial score (nSPS) is 15.1. The third-order valence-electron chi connectivity index (χ3n) is 23.1. The van der Waals surface area contributed by atoms with Crippen molar-refractivity contribution in [2.75, 3.05) is 58.9 Å². The first-order chi connectivity index (χ1) is 68.1. The molecule has 0 aliphatic carbocycles. The van der Waals surface area contributed by atoms with Gasteiger partial charge in [0.2, 0.25) is 124 Å². The van der Waals surface area contributed by atoms with Gasteiger partial charge in [0, 0.05) is 0 Å². The third kappa shape index (κ3) is 57.9. The van der Waals surface area contributed by atoms with E-state index < -0.39 is 252 Å². The van der Waals surface area contributed by atoms with Crippen molar-refractivity contribution in [3.05, 3.63) is 0 Å². The number of amides is 21. The minimum Gasteiger partial charge on any atom is -0.368 e. The first kappa shape index (κ1) is 134. The maximum Gasteiger partial charge on any atom is 0.243 e. The number of carbonyl (C=O) groups is 21. The molecule has 0 saturated heterocycles. The fraction of sp³-hybridized carbons (Fsp3) is 0.781. The third-order valence-corrected chi connectivity index (χ3v) is 23.1. The monoisotopic (exact) mass is 2060 g/mol. The van der Waals surface area contributed by atoms with Crippen LogP contribution in [0.1, 0.15) is 279 Å². The molecule has 36 N–H and O–H groups in total. The average molecular weight is 2060 g/mol. The van der Waals surface area contributed by atoms with Gasteiger partial charge in [-0.25, -0.2) is 0 Å². The highest BCUT2D eigenvalue weighted by atomic mass is 16.2. The maximum atomic E-state index is 14.5. The summed E-state index contributed by atoms with van der Waals surface area (Å²) in [5.74, 6) is -17.5. The fourth-order valence-corrected chi connectivity index (χ4v) is 14.9. The number of primary amides is 1. The van der Waals surface area contributed by atoms with Crippen molar-refractivity contribution >= 4 is 124 Å². The van der Waals surface area contributed by atoms with Crippen molar-refractivity contribution < 1.29 is 101 Å². The van der Waals surface area contributed by atoms with Crippen LogP contribution in [0.5, 0.6) is 0 Å². The van der Waals surface area contributed by atoms with Gasteiger partial charge in [0.1, 0.15) is 103 Å². The van der Waals surface area contributed by atoms with Gasteiger partial charge in [-0.3, -0.25) is 101 Å². The molecule has 0 aliphatic heterocycles. The summed E-state index contributed by atoms with van der Waals surface area (Å²) in [5.41, 5.74) is 46.0. The quantitative estimate of drug-likeness (QED) is 0.0253. The van der Waals surface area contributed by atoms with Gasteiger partial charge in [0.15, 0.2) is 0 Å². The molecular formula is C96H180N28O21. The zero-order valence-corrected chi connectivity index (χ0v) is 88.9. The second-order valence-electron chi connectivity index (χ2n) is 39.9. The van der Waals surface area contributed by atoms with Crippen LogP contribution >= 0.6 is 0 Å². The summed E-state index contributed by atoms with van der Waals surface area (Å²) in [4.78, 5) is 288. The van der Waals surface area contributed by atoms with Gasteiger partial charge < -0.3 is 152 Å². The van der Waals surface area contributed by atoms with Crippen molar-refractivity contribution in [1.29, 1.82) is 0 Å². The molecule has 49 nitrogen and oxygen atoms in total. The smallest absolute Gasteiger partial charge is 0.243 e. The number of hydrogen-bond donors (Lipinski definition) is 28. The Hall–Kier alpha value is -11.4. The van der Waals surface area contributed by atoms with Gasteiger partial charge >= 0.3 is 0 Å². The molecule has 0 radical (unpaired) electrons. The Morgan fingerprint density at radius 1 is 0.179 bits per heavy atom. The Morgan fingerprint density at radius 3 is 0.538 bits per heavy atom. The van der Waals surface area contributed by atoms with E-state index in [1.54, 1.807) is 69.2 Å². The molecule has 0 heterocycles. The number of unbranched alkanes of at least 4 members (excludes halogenated alkanes) is 6. The second-order valence-corrected chi connectivity index (χ2v) is 39.9. The standard InChI is InChI=1S/C96H180N28O21/c1-52(2)43-70(91(140)111-61(16)83(132)117-65(79(104)128)32-20-26-38-98)114-76(125)50-106-81(130)59(14)109-95(144)74(47-56(9)10)123-89(138)68(35-23-29-41-101)120-88(137)67(34-22-28-40-100)119-85(134)63(18)113-93(142)72(45-54(5)6)116-78(127)51-107-82(131)60(15)110-96(145)75(48-57(11)12)124-90(139)69(36-24-30-42-102)121-87(136)66(33-21-27-39-99)118-84(133)62(17)112-92(141)71(44-53(3)4)115-77(126)49-105-80(129)58(13)108-94(143)73(46-55(7)8)122-86(135)64(103)31-19-25-37-97/h52-75H,19-51,97-103H2,1-18H3,(H2,104,128)(H,105,129)(H,106,130)(H,107,131)(H,108,143)(H,109,144)(H,110,145)(H,111,140)(H,112,141)(H,113,142)(H,114,125)(H,115,126)(H,116,127)(H,117,132)(H,118,133)(H,119,134)(H,120,137)(H,121,136)(H,122,135)(H,123,138)(H,124,139)/t58-,59-,60-,61-,62-,63-,64-,65-,66-,67-,68-,69-,70-,71-,72-,73-,74-,75-/m0/s1. The first-order valence-electron chi connectivity index (χ1n) is 51.3. The van der Waals surface area contributed by atoms with Gasteiger partial charge in [0.25, 0.3) is 0 Å². The highest BCUT2D eigenvalue weighted by Gasteiger charge is 2.39. The van der Waals surface area contributed by atoms with Crippen LogP contribution < -0.4 is 152 Å². The van der Waals surface area contributed by atoms with E-state index in [0.29, 0.717) is 96.6 Å². The number of nitrogens with two attached hydrogens (primary N) is 8. The average Bonchev–Trinajstić information content (AvgIpc) is 0.898. The molecule has 49 heteroatoms. The zero-order chi connectivity index (χ0) is 110. The van der Waals surface area contributed by atoms with Crippen LogP contribution in [0.2, 0.25) is 0 Å². The van der Waals surface area contributed by atoms with Gasteiger partial charge in [-0.15, -0.1) is 0 Å². The van der Waals surface area contributed by atoms with E-state index in [1.807, 2.05) is 13.8 Å². The predicted molar refractivity (Wildman–Crippen MR) is 547 cm³/mol. The Kier molecular flexibility index (Phi) is 67.8. The Labute approximate surface area is 855 Å². The van der Waals surface area contributed by atoms with Crippen molar-refractivity contribution in [2.24, 2.45) is 81.4 Å². The minimum absolute atomic E-state index is 0.000502. The van der Waals surface area contributed by atoms with Crippen LogP contribution in [0.3, 0.4) is 0 Å². The molecule has 0 bridgehead atoms. The van der Waals surface area contributed by atoms with Gasteiger partial charge in [-0.1, -0.05) is 89.5 Å². The summed E-state index contributed by atoms with van der Waals surface area (Å²) < 4.78 is 0. The number of nitrogens with one attached hydrogen (secondary N) is 20. The molecule has 0 aromatic heterocycles. The van der Waals surface area contributed by atoms with Crippen LogP contribution in [0, 0.1) is 35.5 Å². The Bertz CT molecular complexity index is 4090. The fourth-order valence-electron chi connectivity index (χ4n) is 14.9. The largest absolute Gasteiger partial charge is 0.368 e. The SMILES string of the molecule is CC(C)C[C@H](NC(=O)CNC(=O)[C@H](C)NC(=O)[C@H](CC(C)C)NC(=O)[C@H](CCCCN)NC(=O)[C@H](CCCCN)NC(=O)[C@H](C)NC(=O)[C@H](CC(C)C)NC(=O)CNC(=O)[C@H](C)NC(=O)[C@H](CC(C)C)NC(=O)[C@H](CCCCN)NC(=O)[C@H](CCCCN)NC(=O)[C@H](C)NC(=O)[C@H](CC(C)C)NC(=O)CNC(=O)[C@H](C)NC(=O)[C@H](CC(C)C)NC(=O)[C@@H](N)CCCCN)C(=O)N[C@@H](C)C(=O)N[C@@H](CCCCN)C(N)=O. The topological polar surface area (TPSA) is 807 Å². The zero-order valence-electron chi connectivity index (χ0n) is 88.9. The van der Waals surface area contributed by atoms with Crippen molar-refractivity contribution in [1.82, 2.24) is 106 Å². The van der Waals surface area contributed by atoms with E-state index in [4.69, 9.17) is 45.9 Å². The Morgan fingerprint density at radius 2 is 0.338 bits per heavy atom. The van der Waals surface area contributed by atoms with E-state index in [-0.39, 0.29) is 132 Å². The summed E-state index contributed by atoms with van der Waals surface area (Å²) in [6.45, 7) is 29.2. The lowest BCUT2D eigenvalue weighted by Crippen LogP contribution is -2.60. The lowest BCUT2D eigenvalue weighted by atomic mass is 10.0. The molecule has 0 saturated carbocycles. The molecule has 145 heavy (non-hydrogen) atoms. The van der Waals surface area contributed by atoms with E-state index in [0.717, 1.165) is 0 Å². The summed E-state index contributed by atoms with van der Waals surface area (Å²) in [6.07, 6.45) is 6.40. The second kappa shape index (κ2) is 73.6. The highest BCUT2D eigenvalue weighted by molar-refractivity contribution is 6.02. The van der Waals surface area contributed by atoms with Crippen molar-refractivity contribution in [3.8, 4) is 0 Å². The molecular weight excluding hydrogens is 1880 g/mol. The summed E-state index contributed by atoms with van der Waals surface area (Å²) >= 11 is 0. The van der Waals surface area contributed by atoms with Crippen LogP contribution in [0.4, 0.5) is 0 Å². The molecule has 0 aliphatic rings. The lowest BCUT2D eigenvalue weighted by Gasteiger charge is -2.27. The summed E-state index contributed by atoms with van der Waals surface area (Å²) in [7, 11) is 0. The molecule has 0 spiro atoms. The molecule has 0 aromatic carbocycles. The molecule has 21 amide bonds. The van der Waals surface area contributed by atoms with Crippen LogP contribution in [0.15, 0.2) is 0 Å². The maximum absolute atomic E-state index is 14.5. The van der Waals surface area contributed by atoms with Crippen LogP contribution in [-0.2, 0) is 101 Å². The highest BCUT2D eigenvalue weighted by Crippen LogP contribution is 2.17. The van der Waals surface area contributed by atoms with Gasteiger partial charge in [-0.2, -0.15) is 0 Å². The molecule has 0 unspecified atom stereocenters. The predicted octanol–water partition coefficient (Wildman–Crippen LogP) is -5.44. The van der Waals surface area contributed by atoms with Crippen molar-refractivity contribution in [2.45, 2.75) is 387 Å². The van der Waals surface area contributed by atoms with Gasteiger partial charge in [0.05, 0.1) is 25.7 Å². The number of hydrogen-bond acceptors (Lipinski definition) is 28. The molecule has 0 fully saturated rings. The number of rotatable bonds is 77.